The fourth-order valence-corrected chi connectivity index (χ4v) is 3.26. The van der Waals surface area contributed by atoms with Crippen molar-refractivity contribution in [3.8, 4) is 5.75 Å². The number of nitrogens with one attached hydrogen (secondary N) is 1. The molecule has 0 amide bonds. The average molecular weight is 330 g/mol. The molecular weight excluding hydrogens is 316 g/mol. The van der Waals surface area contributed by atoms with Crippen molar-refractivity contribution in [2.45, 2.75) is 17.6 Å². The molecule has 3 heterocycles. The van der Waals surface area contributed by atoms with Crippen LogP contribution in [0.2, 0.25) is 0 Å². The molecule has 7 heteroatoms. The monoisotopic (exact) mass is 330 g/mol. The number of pyridine rings is 2. The van der Waals surface area contributed by atoms with E-state index in [1.165, 1.54) is 11.3 Å². The molecule has 0 spiro atoms. The van der Waals surface area contributed by atoms with E-state index in [1.54, 1.807) is 30.2 Å². The molecule has 0 unspecified atom stereocenters. The number of hydrogen-bond acceptors (Lipinski definition) is 7. The van der Waals surface area contributed by atoms with Crippen LogP contribution in [0.4, 0.5) is 10.9 Å². The van der Waals surface area contributed by atoms with Crippen LogP contribution in [0.5, 0.6) is 5.75 Å². The van der Waals surface area contributed by atoms with Crippen molar-refractivity contribution in [3.05, 3.63) is 53.4 Å². The van der Waals surface area contributed by atoms with Crippen molar-refractivity contribution in [3.63, 3.8) is 0 Å². The number of aromatic hydroxyl groups is 1. The molecule has 3 rings (SSSR count). The topological polar surface area (TPSA) is 70.9 Å². The lowest BCUT2D eigenvalue weighted by atomic mass is 10.4. The third-order valence-corrected chi connectivity index (χ3v) is 4.67. The maximum atomic E-state index is 10.1. The number of thioether (sulfide) groups is 1. The Morgan fingerprint density at radius 3 is 2.91 bits per heavy atom. The third kappa shape index (κ3) is 3.75. The summed E-state index contributed by atoms with van der Waals surface area (Å²) < 4.78 is 0. The number of hydrogen-bond donors (Lipinski definition) is 2. The molecule has 0 bridgehead atoms. The van der Waals surface area contributed by atoms with E-state index in [1.807, 2.05) is 30.5 Å². The zero-order valence-electron chi connectivity index (χ0n) is 11.9. The van der Waals surface area contributed by atoms with Crippen molar-refractivity contribution in [2.24, 2.45) is 0 Å². The fourth-order valence-electron chi connectivity index (χ4n) is 1.76. The third-order valence-electron chi connectivity index (χ3n) is 2.80. The molecule has 0 aliphatic carbocycles. The second-order valence-corrected chi connectivity index (χ2v) is 6.47. The minimum atomic E-state index is 0.110. The Balaban J connectivity index is 1.66. The lowest BCUT2D eigenvalue weighted by molar-refractivity contribution is 0.474. The van der Waals surface area contributed by atoms with Gasteiger partial charge in [0.05, 0.1) is 11.4 Å². The molecule has 0 atom stereocenters. The highest BCUT2D eigenvalue weighted by atomic mass is 32.2. The first-order valence-electron chi connectivity index (χ1n) is 6.61. The van der Waals surface area contributed by atoms with Gasteiger partial charge in [0.1, 0.15) is 0 Å². The first kappa shape index (κ1) is 14.8. The highest BCUT2D eigenvalue weighted by Crippen LogP contribution is 2.31. The van der Waals surface area contributed by atoms with Gasteiger partial charge in [-0.15, -0.1) is 23.1 Å². The number of thiazole rings is 1. The van der Waals surface area contributed by atoms with Crippen LogP contribution in [-0.2, 0) is 5.75 Å². The predicted octanol–water partition coefficient (Wildman–Crippen LogP) is 3.98. The number of nitrogens with zero attached hydrogens (tertiary/aromatic N) is 3. The molecule has 0 aliphatic rings. The molecule has 3 aromatic rings. The summed E-state index contributed by atoms with van der Waals surface area (Å²) in [7, 11) is 0. The highest BCUT2D eigenvalue weighted by Gasteiger charge is 2.07. The van der Waals surface area contributed by atoms with Gasteiger partial charge < -0.3 is 10.4 Å². The summed E-state index contributed by atoms with van der Waals surface area (Å²) in [5.74, 6) is 1.26. The summed E-state index contributed by atoms with van der Waals surface area (Å²) in [5.41, 5.74) is 1.93. The highest BCUT2D eigenvalue weighted by molar-refractivity contribution is 7.98. The Kier molecular flexibility index (Phi) is 4.55. The summed E-state index contributed by atoms with van der Waals surface area (Å²) in [6.07, 6.45) is 3.50. The van der Waals surface area contributed by atoms with Gasteiger partial charge in [0.25, 0.3) is 0 Å². The first-order valence-corrected chi connectivity index (χ1v) is 8.48. The van der Waals surface area contributed by atoms with Gasteiger partial charge in [0, 0.05) is 28.4 Å². The van der Waals surface area contributed by atoms with Crippen molar-refractivity contribution in [1.29, 1.82) is 0 Å². The molecule has 22 heavy (non-hydrogen) atoms. The lowest BCUT2D eigenvalue weighted by Crippen LogP contribution is -1.94. The molecule has 0 radical (unpaired) electrons. The van der Waals surface area contributed by atoms with Crippen molar-refractivity contribution in [2.75, 3.05) is 5.32 Å². The second-order valence-electron chi connectivity index (χ2n) is 4.57. The Labute approximate surface area is 136 Å². The zero-order valence-corrected chi connectivity index (χ0v) is 13.5. The van der Waals surface area contributed by atoms with E-state index in [4.69, 9.17) is 0 Å². The van der Waals surface area contributed by atoms with E-state index in [2.05, 4.69) is 20.3 Å². The molecule has 3 aromatic heterocycles. The number of aryl methyl sites for hydroxylation is 1. The smallest absolute Gasteiger partial charge is 0.188 e. The van der Waals surface area contributed by atoms with Gasteiger partial charge in [0.2, 0.25) is 0 Å². The van der Waals surface area contributed by atoms with Crippen LogP contribution in [0, 0.1) is 6.92 Å². The minimum absolute atomic E-state index is 0.110. The van der Waals surface area contributed by atoms with Gasteiger partial charge >= 0.3 is 0 Å². The molecule has 0 aliphatic heterocycles. The molecular formula is C15H14N4OS2. The Hall–Kier alpha value is -2.12. The normalized spacial score (nSPS) is 10.6. The first-order chi connectivity index (χ1) is 10.7. The van der Waals surface area contributed by atoms with E-state index >= 15 is 0 Å². The van der Waals surface area contributed by atoms with Crippen LogP contribution in [-0.4, -0.2) is 20.1 Å². The number of anilines is 2. The Morgan fingerprint density at radius 2 is 2.23 bits per heavy atom. The Bertz CT molecular complexity index is 761. The van der Waals surface area contributed by atoms with Gasteiger partial charge in [-0.1, -0.05) is 6.07 Å². The van der Waals surface area contributed by atoms with E-state index in [-0.39, 0.29) is 5.75 Å². The van der Waals surface area contributed by atoms with E-state index in [9.17, 15) is 5.11 Å². The maximum absolute atomic E-state index is 10.1. The number of aromatic nitrogens is 3. The largest absolute Gasteiger partial charge is 0.504 e. The quantitative estimate of drug-likeness (QED) is 0.690. The van der Waals surface area contributed by atoms with Gasteiger partial charge in [-0.2, -0.15) is 0 Å². The van der Waals surface area contributed by atoms with Crippen molar-refractivity contribution >= 4 is 34.0 Å². The second kappa shape index (κ2) is 6.76. The van der Waals surface area contributed by atoms with Crippen LogP contribution < -0.4 is 5.32 Å². The molecule has 0 aromatic carbocycles. The van der Waals surface area contributed by atoms with Gasteiger partial charge in [0.15, 0.2) is 16.7 Å². The fraction of sp³-hybridized carbons (Fsp3) is 0.133. The summed E-state index contributed by atoms with van der Waals surface area (Å²) in [5, 5.41) is 15.8. The van der Waals surface area contributed by atoms with E-state index in [0.717, 1.165) is 22.0 Å². The van der Waals surface area contributed by atoms with Crippen LogP contribution in [0.1, 0.15) is 11.4 Å². The Morgan fingerprint density at radius 1 is 1.32 bits per heavy atom. The molecule has 2 N–H and O–H groups in total. The van der Waals surface area contributed by atoms with Crippen molar-refractivity contribution in [1.82, 2.24) is 15.0 Å². The molecule has 0 saturated carbocycles. The van der Waals surface area contributed by atoms with Gasteiger partial charge in [-0.05, 0) is 25.1 Å². The van der Waals surface area contributed by atoms with Gasteiger partial charge in [-0.25, -0.2) is 9.97 Å². The molecule has 0 saturated heterocycles. The summed E-state index contributed by atoms with van der Waals surface area (Å²) in [6.45, 7) is 1.92. The van der Waals surface area contributed by atoms with Gasteiger partial charge in [-0.3, -0.25) is 4.98 Å². The van der Waals surface area contributed by atoms with Crippen LogP contribution >= 0.6 is 23.1 Å². The summed E-state index contributed by atoms with van der Waals surface area (Å²) in [4.78, 5) is 13.7. The van der Waals surface area contributed by atoms with Crippen LogP contribution in [0.25, 0.3) is 0 Å². The molecule has 112 valence electrons. The van der Waals surface area contributed by atoms with E-state index in [0.29, 0.717) is 10.9 Å². The minimum Gasteiger partial charge on any atom is -0.504 e. The number of rotatable bonds is 5. The van der Waals surface area contributed by atoms with Crippen LogP contribution in [0.3, 0.4) is 0 Å². The zero-order chi connectivity index (χ0) is 15.4. The van der Waals surface area contributed by atoms with Crippen LogP contribution in [0.15, 0.2) is 46.9 Å². The maximum Gasteiger partial charge on any atom is 0.188 e. The SMILES string of the molecule is Cc1csc(Nc2ncc(SCc3ccccn3)cc2O)n1. The average Bonchev–Trinajstić information content (AvgIpc) is 2.94. The summed E-state index contributed by atoms with van der Waals surface area (Å²) in [6, 6.07) is 7.52. The standard InChI is InChI=1S/C15H14N4OS2/c1-10-8-22-15(18-10)19-14-13(20)6-12(7-17-14)21-9-11-4-2-3-5-16-11/h2-8,20H,9H2,1H3,(H,17,18,19). The lowest BCUT2D eigenvalue weighted by Gasteiger charge is -2.06. The molecule has 5 nitrogen and oxygen atoms in total. The summed E-state index contributed by atoms with van der Waals surface area (Å²) >= 11 is 3.06. The van der Waals surface area contributed by atoms with E-state index < -0.39 is 0 Å². The predicted molar refractivity (Wildman–Crippen MR) is 89.8 cm³/mol. The van der Waals surface area contributed by atoms with Crippen molar-refractivity contribution < 1.29 is 5.11 Å². The molecule has 0 fully saturated rings.